The molecule has 1 aromatic carbocycles. The highest BCUT2D eigenvalue weighted by molar-refractivity contribution is 6.32. The van der Waals surface area contributed by atoms with E-state index in [1.54, 1.807) is 12.1 Å². The molecule has 1 N–H and O–H groups in total. The zero-order valence-electron chi connectivity index (χ0n) is 9.64. The van der Waals surface area contributed by atoms with Crippen LogP contribution in [0.5, 0.6) is 5.75 Å². The van der Waals surface area contributed by atoms with Gasteiger partial charge in [0, 0.05) is 0 Å². The van der Waals surface area contributed by atoms with Gasteiger partial charge in [0.1, 0.15) is 18.1 Å². The van der Waals surface area contributed by atoms with Crippen molar-refractivity contribution in [3.8, 4) is 5.75 Å². The standard InChI is InChI=1S/C13H11ClO4/c1-8-2-4-10(14)12(6-8)17-7-9-3-5-11(18-9)13(15)16/h2-6H,7H2,1H3,(H,15,16). The molecule has 0 spiro atoms. The number of carbonyl (C=O) groups is 1. The van der Waals surface area contributed by atoms with Crippen molar-refractivity contribution in [1.82, 2.24) is 0 Å². The number of aryl methyl sites for hydroxylation is 1. The van der Waals surface area contributed by atoms with E-state index in [1.807, 2.05) is 19.1 Å². The fourth-order valence-corrected chi connectivity index (χ4v) is 1.61. The Bertz CT molecular complexity index is 574. The van der Waals surface area contributed by atoms with Crippen LogP contribution in [0.4, 0.5) is 0 Å². The molecule has 2 aromatic rings. The molecule has 4 nitrogen and oxygen atoms in total. The molecule has 0 amide bonds. The molecule has 1 heterocycles. The van der Waals surface area contributed by atoms with Crippen LogP contribution in [0.2, 0.25) is 5.02 Å². The molecule has 0 radical (unpaired) electrons. The first kappa shape index (κ1) is 12.5. The second-order valence-electron chi connectivity index (χ2n) is 3.79. The molecular weight excluding hydrogens is 256 g/mol. The molecule has 0 bridgehead atoms. The molecule has 0 atom stereocenters. The van der Waals surface area contributed by atoms with Gasteiger partial charge in [0.15, 0.2) is 0 Å². The lowest BCUT2D eigenvalue weighted by atomic mass is 10.2. The van der Waals surface area contributed by atoms with Crippen molar-refractivity contribution >= 4 is 17.6 Å². The second-order valence-corrected chi connectivity index (χ2v) is 4.20. The average Bonchev–Trinajstić information content (AvgIpc) is 2.79. The van der Waals surface area contributed by atoms with Crippen LogP contribution in [0.3, 0.4) is 0 Å². The van der Waals surface area contributed by atoms with E-state index in [4.69, 9.17) is 25.9 Å². The Morgan fingerprint density at radius 1 is 1.39 bits per heavy atom. The van der Waals surface area contributed by atoms with Crippen LogP contribution >= 0.6 is 11.6 Å². The summed E-state index contributed by atoms with van der Waals surface area (Å²) in [6, 6.07) is 8.39. The molecule has 0 fully saturated rings. The summed E-state index contributed by atoms with van der Waals surface area (Å²) in [5.74, 6) is -0.228. The van der Waals surface area contributed by atoms with E-state index in [2.05, 4.69) is 0 Å². The normalized spacial score (nSPS) is 10.3. The van der Waals surface area contributed by atoms with Crippen molar-refractivity contribution in [2.75, 3.05) is 0 Å². The summed E-state index contributed by atoms with van der Waals surface area (Å²) in [6.45, 7) is 2.06. The fourth-order valence-electron chi connectivity index (χ4n) is 1.44. The Morgan fingerprint density at radius 3 is 2.83 bits per heavy atom. The van der Waals surface area contributed by atoms with E-state index in [9.17, 15) is 4.79 Å². The third-order valence-electron chi connectivity index (χ3n) is 2.33. The van der Waals surface area contributed by atoms with Crippen LogP contribution in [-0.2, 0) is 6.61 Å². The molecule has 0 unspecified atom stereocenters. The number of aromatic carboxylic acids is 1. The summed E-state index contributed by atoms with van der Waals surface area (Å²) >= 11 is 5.97. The lowest BCUT2D eigenvalue weighted by Gasteiger charge is -2.07. The number of benzene rings is 1. The summed E-state index contributed by atoms with van der Waals surface area (Å²) in [7, 11) is 0. The van der Waals surface area contributed by atoms with Crippen molar-refractivity contribution in [2.45, 2.75) is 13.5 Å². The Hall–Kier alpha value is -1.94. The van der Waals surface area contributed by atoms with Crippen LogP contribution in [0.25, 0.3) is 0 Å². The zero-order valence-corrected chi connectivity index (χ0v) is 10.4. The molecule has 0 aliphatic rings. The van der Waals surface area contributed by atoms with Crippen molar-refractivity contribution in [1.29, 1.82) is 0 Å². The first-order valence-electron chi connectivity index (χ1n) is 5.27. The van der Waals surface area contributed by atoms with Gasteiger partial charge in [-0.15, -0.1) is 0 Å². The Morgan fingerprint density at radius 2 is 2.17 bits per heavy atom. The number of hydrogen-bond donors (Lipinski definition) is 1. The molecular formula is C13H11ClO4. The van der Waals surface area contributed by atoms with Crippen LogP contribution in [-0.4, -0.2) is 11.1 Å². The summed E-state index contributed by atoms with van der Waals surface area (Å²) in [6.07, 6.45) is 0. The number of hydrogen-bond acceptors (Lipinski definition) is 3. The topological polar surface area (TPSA) is 59.7 Å². The van der Waals surface area contributed by atoms with Crippen LogP contribution in [0, 0.1) is 6.92 Å². The van der Waals surface area contributed by atoms with E-state index >= 15 is 0 Å². The molecule has 0 saturated carbocycles. The smallest absolute Gasteiger partial charge is 0.371 e. The van der Waals surface area contributed by atoms with Gasteiger partial charge in [-0.25, -0.2) is 4.79 Å². The van der Waals surface area contributed by atoms with Crippen molar-refractivity contribution in [2.24, 2.45) is 0 Å². The van der Waals surface area contributed by atoms with Gasteiger partial charge in [0.25, 0.3) is 0 Å². The quantitative estimate of drug-likeness (QED) is 0.920. The maximum Gasteiger partial charge on any atom is 0.371 e. The molecule has 0 aliphatic heterocycles. The monoisotopic (exact) mass is 266 g/mol. The third kappa shape index (κ3) is 2.84. The third-order valence-corrected chi connectivity index (χ3v) is 2.64. The highest BCUT2D eigenvalue weighted by atomic mass is 35.5. The van der Waals surface area contributed by atoms with Gasteiger partial charge in [-0.1, -0.05) is 17.7 Å². The number of carboxylic acids is 1. The molecule has 1 aromatic heterocycles. The number of halogens is 1. The van der Waals surface area contributed by atoms with Crippen molar-refractivity contribution in [3.05, 3.63) is 52.4 Å². The summed E-state index contributed by atoms with van der Waals surface area (Å²) in [5.41, 5.74) is 1.03. The van der Waals surface area contributed by atoms with E-state index in [1.165, 1.54) is 6.07 Å². The predicted molar refractivity (Wildman–Crippen MR) is 66.2 cm³/mol. The number of furan rings is 1. The second kappa shape index (κ2) is 5.14. The van der Waals surface area contributed by atoms with E-state index < -0.39 is 5.97 Å². The van der Waals surface area contributed by atoms with Gasteiger partial charge in [-0.3, -0.25) is 0 Å². The molecule has 0 aliphatic carbocycles. The first-order chi connectivity index (χ1) is 8.56. The van der Waals surface area contributed by atoms with E-state index in [-0.39, 0.29) is 12.4 Å². The fraction of sp³-hybridized carbons (Fsp3) is 0.154. The molecule has 94 valence electrons. The first-order valence-corrected chi connectivity index (χ1v) is 5.65. The minimum absolute atomic E-state index is 0.107. The lowest BCUT2D eigenvalue weighted by Crippen LogP contribution is -1.96. The molecule has 0 saturated heterocycles. The minimum Gasteiger partial charge on any atom is -0.484 e. The van der Waals surface area contributed by atoms with Crippen LogP contribution in [0.1, 0.15) is 21.9 Å². The summed E-state index contributed by atoms with van der Waals surface area (Å²) in [5, 5.41) is 9.21. The number of rotatable bonds is 4. The van der Waals surface area contributed by atoms with Crippen LogP contribution < -0.4 is 4.74 Å². The highest BCUT2D eigenvalue weighted by Crippen LogP contribution is 2.26. The van der Waals surface area contributed by atoms with Gasteiger partial charge in [0.05, 0.1) is 5.02 Å². The van der Waals surface area contributed by atoms with Gasteiger partial charge in [-0.05, 0) is 36.8 Å². The van der Waals surface area contributed by atoms with Crippen LogP contribution in [0.15, 0.2) is 34.7 Å². The Kier molecular flexibility index (Phi) is 3.58. The molecule has 18 heavy (non-hydrogen) atoms. The number of ether oxygens (including phenoxy) is 1. The highest BCUT2D eigenvalue weighted by Gasteiger charge is 2.10. The summed E-state index contributed by atoms with van der Waals surface area (Å²) in [4.78, 5) is 10.6. The Labute approximate surface area is 109 Å². The van der Waals surface area contributed by atoms with E-state index in [0.717, 1.165) is 5.56 Å². The maximum absolute atomic E-state index is 10.6. The van der Waals surface area contributed by atoms with E-state index in [0.29, 0.717) is 16.5 Å². The minimum atomic E-state index is -1.10. The molecule has 5 heteroatoms. The summed E-state index contributed by atoms with van der Waals surface area (Å²) < 4.78 is 10.5. The van der Waals surface area contributed by atoms with Crippen molar-refractivity contribution in [3.63, 3.8) is 0 Å². The molecule has 2 rings (SSSR count). The van der Waals surface area contributed by atoms with Gasteiger partial charge < -0.3 is 14.3 Å². The lowest BCUT2D eigenvalue weighted by molar-refractivity contribution is 0.0658. The van der Waals surface area contributed by atoms with Gasteiger partial charge in [-0.2, -0.15) is 0 Å². The predicted octanol–water partition coefficient (Wildman–Crippen LogP) is 3.52. The van der Waals surface area contributed by atoms with Crippen molar-refractivity contribution < 1.29 is 19.1 Å². The largest absolute Gasteiger partial charge is 0.484 e. The van der Waals surface area contributed by atoms with Gasteiger partial charge in [0.2, 0.25) is 5.76 Å². The maximum atomic E-state index is 10.6. The average molecular weight is 267 g/mol. The Balaban J connectivity index is 2.06. The number of carboxylic acid groups (broad SMARTS) is 1. The SMILES string of the molecule is Cc1ccc(Cl)c(OCc2ccc(C(=O)O)o2)c1. The van der Waals surface area contributed by atoms with Gasteiger partial charge >= 0.3 is 5.97 Å². The zero-order chi connectivity index (χ0) is 13.1.